The monoisotopic (exact) mass is 524 g/mol. The highest BCUT2D eigenvalue weighted by molar-refractivity contribution is 7.90. The minimum atomic E-state index is -4.33. The first-order valence-corrected chi connectivity index (χ1v) is 14.3. The Morgan fingerprint density at radius 1 is 1.08 bits per heavy atom. The lowest BCUT2D eigenvalue weighted by molar-refractivity contribution is -0.137. The minimum Gasteiger partial charge on any atom is -0.353 e. The fourth-order valence-electron chi connectivity index (χ4n) is 4.69. The first-order chi connectivity index (χ1) is 16.9. The van der Waals surface area contributed by atoms with E-state index in [0.717, 1.165) is 56.8 Å². The summed E-state index contributed by atoms with van der Waals surface area (Å²) in [7, 11) is -3.28. The standard InChI is InChI=1S/C27H35F3N2O3S/c1-4-25(20-8-10-24(11-9-20)36(3,34)35)26(33)31-23-13-16-32(17-14-23)15-12-19(2)21-6-5-7-22(18-21)27(28,29)30/h5-11,18-19,23,25H,4,12-17H2,1-3H3,(H,31,33). The van der Waals surface area contributed by atoms with E-state index in [-0.39, 0.29) is 28.7 Å². The van der Waals surface area contributed by atoms with Gasteiger partial charge in [-0.15, -0.1) is 0 Å². The fourth-order valence-corrected chi connectivity index (χ4v) is 5.32. The second-order valence-electron chi connectivity index (χ2n) is 9.74. The van der Waals surface area contributed by atoms with Crippen LogP contribution in [0.3, 0.4) is 0 Å². The molecule has 0 radical (unpaired) electrons. The summed E-state index contributed by atoms with van der Waals surface area (Å²) in [6.45, 7) is 6.32. The average Bonchev–Trinajstić information content (AvgIpc) is 2.83. The van der Waals surface area contributed by atoms with Crippen LogP contribution in [0.4, 0.5) is 13.2 Å². The largest absolute Gasteiger partial charge is 0.416 e. The van der Waals surface area contributed by atoms with Crippen LogP contribution in [0.25, 0.3) is 0 Å². The molecule has 2 atom stereocenters. The van der Waals surface area contributed by atoms with E-state index in [4.69, 9.17) is 0 Å². The van der Waals surface area contributed by atoms with Crippen molar-refractivity contribution >= 4 is 15.7 Å². The first kappa shape index (κ1) is 28.2. The number of nitrogens with zero attached hydrogens (tertiary/aromatic N) is 1. The molecule has 0 spiro atoms. The molecule has 5 nitrogen and oxygen atoms in total. The van der Waals surface area contributed by atoms with Crippen LogP contribution in [0.1, 0.15) is 68.1 Å². The van der Waals surface area contributed by atoms with E-state index in [0.29, 0.717) is 12.0 Å². The highest BCUT2D eigenvalue weighted by atomic mass is 32.2. The molecule has 1 aliphatic heterocycles. The lowest BCUT2D eigenvalue weighted by Crippen LogP contribution is -2.46. The summed E-state index contributed by atoms with van der Waals surface area (Å²) in [5, 5.41) is 3.15. The lowest BCUT2D eigenvalue weighted by Gasteiger charge is -2.33. The summed E-state index contributed by atoms with van der Waals surface area (Å²) in [5.41, 5.74) is 0.880. The number of piperidine rings is 1. The van der Waals surface area contributed by atoms with Gasteiger partial charge in [-0.3, -0.25) is 4.79 Å². The number of nitrogens with one attached hydrogen (secondary N) is 1. The number of halogens is 3. The molecule has 0 bridgehead atoms. The maximum Gasteiger partial charge on any atom is 0.416 e. The molecule has 2 aromatic carbocycles. The van der Waals surface area contributed by atoms with E-state index in [1.54, 1.807) is 30.3 Å². The number of hydrogen-bond donors (Lipinski definition) is 1. The zero-order valence-electron chi connectivity index (χ0n) is 21.0. The van der Waals surface area contributed by atoms with E-state index in [9.17, 15) is 26.4 Å². The number of sulfone groups is 1. The summed E-state index contributed by atoms with van der Waals surface area (Å²) in [4.78, 5) is 15.5. The zero-order chi connectivity index (χ0) is 26.5. The van der Waals surface area contributed by atoms with Gasteiger partial charge in [0.1, 0.15) is 0 Å². The Kier molecular flexibility index (Phi) is 9.22. The third-order valence-electron chi connectivity index (χ3n) is 7.03. The van der Waals surface area contributed by atoms with Crippen LogP contribution < -0.4 is 5.32 Å². The van der Waals surface area contributed by atoms with Gasteiger partial charge in [-0.2, -0.15) is 13.2 Å². The van der Waals surface area contributed by atoms with Gasteiger partial charge in [-0.25, -0.2) is 8.42 Å². The second-order valence-corrected chi connectivity index (χ2v) is 11.8. The molecule has 9 heteroatoms. The second kappa shape index (κ2) is 11.8. The molecule has 1 saturated heterocycles. The molecule has 2 aromatic rings. The van der Waals surface area contributed by atoms with Crippen LogP contribution in [0.5, 0.6) is 0 Å². The van der Waals surface area contributed by atoms with Crippen LogP contribution in [-0.2, 0) is 20.8 Å². The number of alkyl halides is 3. The van der Waals surface area contributed by atoms with E-state index < -0.39 is 21.6 Å². The van der Waals surface area contributed by atoms with Gasteiger partial charge < -0.3 is 10.2 Å². The van der Waals surface area contributed by atoms with E-state index in [2.05, 4.69) is 10.2 Å². The number of rotatable bonds is 9. The van der Waals surface area contributed by atoms with Gasteiger partial charge in [0.15, 0.2) is 9.84 Å². The smallest absolute Gasteiger partial charge is 0.353 e. The van der Waals surface area contributed by atoms with Crippen LogP contribution in [0, 0.1) is 0 Å². The molecule has 1 fully saturated rings. The Labute approximate surface area is 212 Å². The van der Waals surface area contributed by atoms with Crippen molar-refractivity contribution in [1.82, 2.24) is 10.2 Å². The van der Waals surface area contributed by atoms with Crippen molar-refractivity contribution in [2.24, 2.45) is 0 Å². The number of amides is 1. The van der Waals surface area contributed by atoms with Gasteiger partial charge in [-0.05, 0) is 67.5 Å². The molecule has 36 heavy (non-hydrogen) atoms. The predicted molar refractivity (Wildman–Crippen MR) is 135 cm³/mol. The Morgan fingerprint density at radius 2 is 1.72 bits per heavy atom. The molecule has 1 amide bonds. The quantitative estimate of drug-likeness (QED) is 0.479. The maximum atomic E-state index is 13.0. The molecule has 198 valence electrons. The third-order valence-corrected chi connectivity index (χ3v) is 8.16. The Balaban J connectivity index is 1.47. The number of benzene rings is 2. The van der Waals surface area contributed by atoms with Gasteiger partial charge >= 0.3 is 6.18 Å². The summed E-state index contributed by atoms with van der Waals surface area (Å²) in [5.74, 6) is -0.379. The summed E-state index contributed by atoms with van der Waals surface area (Å²) in [6.07, 6.45) is -0.181. The highest BCUT2D eigenvalue weighted by Crippen LogP contribution is 2.32. The summed E-state index contributed by atoms with van der Waals surface area (Å²) < 4.78 is 62.4. The number of likely N-dealkylation sites (tertiary alicyclic amines) is 1. The summed E-state index contributed by atoms with van der Waals surface area (Å²) in [6, 6.07) is 12.1. The molecule has 0 aromatic heterocycles. The van der Waals surface area contributed by atoms with Crippen LogP contribution in [-0.4, -0.2) is 51.2 Å². The number of hydrogen-bond acceptors (Lipinski definition) is 4. The van der Waals surface area contributed by atoms with Crippen LogP contribution in [0.2, 0.25) is 0 Å². The van der Waals surface area contributed by atoms with Gasteiger partial charge in [0.05, 0.1) is 16.4 Å². The Morgan fingerprint density at radius 3 is 2.28 bits per heavy atom. The van der Waals surface area contributed by atoms with Crippen molar-refractivity contribution in [3.63, 3.8) is 0 Å². The molecular weight excluding hydrogens is 489 g/mol. The lowest BCUT2D eigenvalue weighted by atomic mass is 9.94. The molecule has 0 saturated carbocycles. The molecular formula is C27H35F3N2O3S. The average molecular weight is 525 g/mol. The van der Waals surface area contributed by atoms with E-state index in [1.165, 1.54) is 12.1 Å². The molecule has 2 unspecified atom stereocenters. The van der Waals surface area contributed by atoms with Crippen molar-refractivity contribution in [2.75, 3.05) is 25.9 Å². The predicted octanol–water partition coefficient (Wildman–Crippen LogP) is 5.38. The fraction of sp³-hybridized carbons (Fsp3) is 0.519. The topological polar surface area (TPSA) is 66.5 Å². The van der Waals surface area contributed by atoms with Crippen molar-refractivity contribution in [1.29, 1.82) is 0 Å². The van der Waals surface area contributed by atoms with Crippen LogP contribution in [0.15, 0.2) is 53.4 Å². The van der Waals surface area contributed by atoms with Crippen molar-refractivity contribution < 1.29 is 26.4 Å². The molecule has 0 aliphatic carbocycles. The third kappa shape index (κ3) is 7.56. The van der Waals surface area contributed by atoms with E-state index in [1.807, 2.05) is 13.8 Å². The van der Waals surface area contributed by atoms with Gasteiger partial charge in [0.2, 0.25) is 5.91 Å². The first-order valence-electron chi connectivity index (χ1n) is 12.4. The Bertz CT molecular complexity index is 1130. The molecule has 3 rings (SSSR count). The van der Waals surface area contributed by atoms with Crippen molar-refractivity contribution in [3.05, 3.63) is 65.2 Å². The van der Waals surface area contributed by atoms with Crippen molar-refractivity contribution in [3.8, 4) is 0 Å². The highest BCUT2D eigenvalue weighted by Gasteiger charge is 2.31. The molecule has 1 aliphatic rings. The van der Waals surface area contributed by atoms with Crippen LogP contribution >= 0.6 is 0 Å². The van der Waals surface area contributed by atoms with E-state index >= 15 is 0 Å². The Hall–Kier alpha value is -2.39. The number of carbonyl (C=O) groups is 1. The van der Waals surface area contributed by atoms with Gasteiger partial charge in [0, 0.05) is 25.4 Å². The van der Waals surface area contributed by atoms with Gasteiger partial charge in [0.25, 0.3) is 0 Å². The zero-order valence-corrected chi connectivity index (χ0v) is 21.8. The molecule has 1 N–H and O–H groups in total. The van der Waals surface area contributed by atoms with Crippen molar-refractivity contribution in [2.45, 2.75) is 68.5 Å². The molecule has 1 heterocycles. The van der Waals surface area contributed by atoms with Gasteiger partial charge in [-0.1, -0.05) is 44.2 Å². The normalized spacial score (nSPS) is 17.5. The summed E-state index contributed by atoms with van der Waals surface area (Å²) >= 11 is 0. The maximum absolute atomic E-state index is 13.0. The minimum absolute atomic E-state index is 0.0177. The number of carbonyl (C=O) groups excluding carboxylic acids is 1. The SMILES string of the molecule is CCC(C(=O)NC1CCN(CCC(C)c2cccc(C(F)(F)F)c2)CC1)c1ccc(S(C)(=O)=O)cc1.